The second-order valence-corrected chi connectivity index (χ2v) is 3.76. The smallest absolute Gasteiger partial charge is 0.257 e. The minimum Gasteiger partial charge on any atom is -0.494 e. The van der Waals surface area contributed by atoms with Gasteiger partial charge in [-0.05, 0) is 26.1 Å². The first-order valence-electron chi connectivity index (χ1n) is 5.58. The molecule has 17 heavy (non-hydrogen) atoms. The fourth-order valence-corrected chi connectivity index (χ4v) is 1.52. The van der Waals surface area contributed by atoms with Crippen LogP contribution in [0, 0.1) is 0 Å². The summed E-state index contributed by atoms with van der Waals surface area (Å²) in [7, 11) is 5.22. The molecule has 0 saturated carbocycles. The molecule has 0 fully saturated rings. The summed E-state index contributed by atoms with van der Waals surface area (Å²) in [4.78, 5) is 17.7. The molecule has 5 nitrogen and oxygen atoms in total. The van der Waals surface area contributed by atoms with Crippen molar-refractivity contribution in [2.45, 2.75) is 6.42 Å². The van der Waals surface area contributed by atoms with Crippen LogP contribution < -0.4 is 10.1 Å². The highest BCUT2D eigenvalue weighted by Gasteiger charge is 2.15. The van der Waals surface area contributed by atoms with Crippen molar-refractivity contribution in [3.8, 4) is 5.75 Å². The van der Waals surface area contributed by atoms with Gasteiger partial charge in [-0.1, -0.05) is 0 Å². The van der Waals surface area contributed by atoms with Crippen molar-refractivity contribution in [3.05, 3.63) is 24.0 Å². The minimum atomic E-state index is -0.0413. The number of ether oxygens (including phenoxy) is 1. The molecule has 0 aliphatic rings. The zero-order valence-electron chi connectivity index (χ0n) is 10.6. The van der Waals surface area contributed by atoms with E-state index < -0.39 is 0 Å². The molecule has 0 bridgehead atoms. The molecule has 0 spiro atoms. The van der Waals surface area contributed by atoms with Crippen LogP contribution in [-0.4, -0.2) is 50.1 Å². The van der Waals surface area contributed by atoms with Crippen LogP contribution in [0.4, 0.5) is 0 Å². The predicted molar refractivity (Wildman–Crippen MR) is 66.3 cm³/mol. The molecule has 1 rings (SSSR count). The van der Waals surface area contributed by atoms with Crippen LogP contribution in [0.5, 0.6) is 5.75 Å². The fourth-order valence-electron chi connectivity index (χ4n) is 1.52. The lowest BCUT2D eigenvalue weighted by Crippen LogP contribution is -2.29. The van der Waals surface area contributed by atoms with Crippen molar-refractivity contribution in [2.75, 3.05) is 34.3 Å². The standard InChI is InChI=1S/C12H19N3O2/c1-13-6-4-8-15(2)12(16)10-5-7-14-9-11(10)17-3/h5,7,9,13H,4,6,8H2,1-3H3. The Morgan fingerprint density at radius 2 is 2.35 bits per heavy atom. The first kappa shape index (κ1) is 13.4. The van der Waals surface area contributed by atoms with E-state index in [1.165, 1.54) is 7.11 Å². The number of carbonyl (C=O) groups excluding carboxylic acids is 1. The topological polar surface area (TPSA) is 54.5 Å². The summed E-state index contributed by atoms with van der Waals surface area (Å²) in [5, 5.41) is 3.05. The van der Waals surface area contributed by atoms with Gasteiger partial charge in [-0.2, -0.15) is 0 Å². The second kappa shape index (κ2) is 6.85. The van der Waals surface area contributed by atoms with Crippen LogP contribution in [0.2, 0.25) is 0 Å². The van der Waals surface area contributed by atoms with E-state index in [2.05, 4.69) is 10.3 Å². The predicted octanol–water partition coefficient (Wildman–Crippen LogP) is 0.772. The number of carbonyl (C=O) groups is 1. The average molecular weight is 237 g/mol. The highest BCUT2D eigenvalue weighted by atomic mass is 16.5. The number of hydrogen-bond donors (Lipinski definition) is 1. The monoisotopic (exact) mass is 237 g/mol. The SMILES string of the molecule is CNCCCN(C)C(=O)c1ccncc1OC. The maximum absolute atomic E-state index is 12.1. The van der Waals surface area contributed by atoms with Crippen molar-refractivity contribution in [1.82, 2.24) is 15.2 Å². The number of aromatic nitrogens is 1. The van der Waals surface area contributed by atoms with Crippen molar-refractivity contribution >= 4 is 5.91 Å². The number of amides is 1. The first-order valence-corrected chi connectivity index (χ1v) is 5.58. The van der Waals surface area contributed by atoms with Crippen LogP contribution in [0.3, 0.4) is 0 Å². The van der Waals surface area contributed by atoms with Crippen molar-refractivity contribution in [2.24, 2.45) is 0 Å². The third kappa shape index (κ3) is 3.71. The summed E-state index contributed by atoms with van der Waals surface area (Å²) in [6, 6.07) is 1.68. The van der Waals surface area contributed by atoms with Gasteiger partial charge >= 0.3 is 0 Å². The normalized spacial score (nSPS) is 10.1. The Balaban J connectivity index is 2.67. The molecule has 5 heteroatoms. The van der Waals surface area contributed by atoms with E-state index in [-0.39, 0.29) is 5.91 Å². The average Bonchev–Trinajstić information content (AvgIpc) is 2.38. The molecule has 0 aliphatic carbocycles. The zero-order valence-corrected chi connectivity index (χ0v) is 10.6. The van der Waals surface area contributed by atoms with E-state index in [4.69, 9.17) is 4.74 Å². The molecule has 94 valence electrons. The largest absolute Gasteiger partial charge is 0.494 e. The molecule has 0 saturated heterocycles. The number of nitrogens with one attached hydrogen (secondary N) is 1. The summed E-state index contributed by atoms with van der Waals surface area (Å²) in [6.07, 6.45) is 4.07. The number of methoxy groups -OCH3 is 1. The quantitative estimate of drug-likeness (QED) is 0.743. The van der Waals surface area contributed by atoms with Gasteiger partial charge in [0.1, 0.15) is 5.75 Å². The van der Waals surface area contributed by atoms with Gasteiger partial charge in [-0.25, -0.2) is 0 Å². The van der Waals surface area contributed by atoms with Crippen LogP contribution in [0.15, 0.2) is 18.5 Å². The van der Waals surface area contributed by atoms with Gasteiger partial charge in [0.15, 0.2) is 0 Å². The molecule has 0 unspecified atom stereocenters. The van der Waals surface area contributed by atoms with Crippen LogP contribution in [0.1, 0.15) is 16.8 Å². The third-order valence-corrected chi connectivity index (χ3v) is 2.50. The third-order valence-electron chi connectivity index (χ3n) is 2.50. The fraction of sp³-hybridized carbons (Fsp3) is 0.500. The van der Waals surface area contributed by atoms with Gasteiger partial charge in [0.25, 0.3) is 5.91 Å². The molecule has 1 heterocycles. The first-order chi connectivity index (χ1) is 8.20. The lowest BCUT2D eigenvalue weighted by atomic mass is 10.2. The molecule has 0 aliphatic heterocycles. The Morgan fingerprint density at radius 3 is 3.00 bits per heavy atom. The summed E-state index contributed by atoms with van der Waals surface area (Å²) < 4.78 is 5.12. The summed E-state index contributed by atoms with van der Waals surface area (Å²) in [6.45, 7) is 1.61. The molecular formula is C12H19N3O2. The van der Waals surface area contributed by atoms with Gasteiger partial charge in [-0.3, -0.25) is 9.78 Å². The van der Waals surface area contributed by atoms with Crippen LogP contribution in [-0.2, 0) is 0 Å². The molecule has 1 N–H and O–H groups in total. The molecule has 1 amide bonds. The Bertz CT molecular complexity index is 369. The second-order valence-electron chi connectivity index (χ2n) is 3.76. The maximum atomic E-state index is 12.1. The Morgan fingerprint density at radius 1 is 1.59 bits per heavy atom. The maximum Gasteiger partial charge on any atom is 0.257 e. The lowest BCUT2D eigenvalue weighted by molar-refractivity contribution is 0.0790. The van der Waals surface area contributed by atoms with E-state index in [1.807, 2.05) is 7.05 Å². The van der Waals surface area contributed by atoms with Gasteiger partial charge < -0.3 is 15.0 Å². The van der Waals surface area contributed by atoms with Gasteiger partial charge in [0.05, 0.1) is 18.9 Å². The van der Waals surface area contributed by atoms with E-state index in [1.54, 1.807) is 30.4 Å². The van der Waals surface area contributed by atoms with Crippen molar-refractivity contribution < 1.29 is 9.53 Å². The van der Waals surface area contributed by atoms with Crippen LogP contribution in [0.25, 0.3) is 0 Å². The highest BCUT2D eigenvalue weighted by molar-refractivity contribution is 5.96. The minimum absolute atomic E-state index is 0.0413. The zero-order chi connectivity index (χ0) is 12.7. The lowest BCUT2D eigenvalue weighted by Gasteiger charge is -2.18. The van der Waals surface area contributed by atoms with Gasteiger partial charge in [-0.15, -0.1) is 0 Å². The number of nitrogens with zero attached hydrogens (tertiary/aromatic N) is 2. The molecule has 0 aromatic carbocycles. The van der Waals surface area contributed by atoms with Gasteiger partial charge in [0.2, 0.25) is 0 Å². The molecule has 0 radical (unpaired) electrons. The number of rotatable bonds is 6. The Kier molecular flexibility index (Phi) is 5.42. The molecule has 0 atom stereocenters. The number of hydrogen-bond acceptors (Lipinski definition) is 4. The van der Waals surface area contributed by atoms with E-state index >= 15 is 0 Å². The van der Waals surface area contributed by atoms with E-state index in [0.717, 1.165) is 13.0 Å². The molecular weight excluding hydrogens is 218 g/mol. The summed E-state index contributed by atoms with van der Waals surface area (Å²) in [5.41, 5.74) is 0.550. The summed E-state index contributed by atoms with van der Waals surface area (Å²) in [5.74, 6) is 0.471. The van der Waals surface area contributed by atoms with Crippen molar-refractivity contribution in [1.29, 1.82) is 0 Å². The summed E-state index contributed by atoms with van der Waals surface area (Å²) >= 11 is 0. The van der Waals surface area contributed by atoms with Crippen LogP contribution >= 0.6 is 0 Å². The van der Waals surface area contributed by atoms with E-state index in [9.17, 15) is 4.79 Å². The number of pyridine rings is 1. The van der Waals surface area contributed by atoms with Gasteiger partial charge in [0, 0.05) is 19.8 Å². The van der Waals surface area contributed by atoms with Crippen molar-refractivity contribution in [3.63, 3.8) is 0 Å². The Hall–Kier alpha value is -1.62. The molecule has 1 aromatic heterocycles. The highest BCUT2D eigenvalue weighted by Crippen LogP contribution is 2.17. The van der Waals surface area contributed by atoms with E-state index in [0.29, 0.717) is 17.9 Å². The Labute approximate surface area is 102 Å². The molecule has 1 aromatic rings.